The van der Waals surface area contributed by atoms with Crippen LogP contribution in [0.5, 0.6) is 0 Å². The summed E-state index contributed by atoms with van der Waals surface area (Å²) >= 11 is 9.63. The molecule has 0 spiro atoms. The lowest BCUT2D eigenvalue weighted by Gasteiger charge is -1.96. The van der Waals surface area contributed by atoms with Crippen molar-refractivity contribution in [2.45, 2.75) is 10.8 Å². The van der Waals surface area contributed by atoms with Crippen LogP contribution in [0.1, 0.15) is 6.42 Å². The fraction of sp³-hybridized carbons (Fsp3) is 0.500. The number of rotatable bonds is 4. The van der Waals surface area contributed by atoms with Gasteiger partial charge in [-0.05, 0) is 22.4 Å². The summed E-state index contributed by atoms with van der Waals surface area (Å²) in [6, 6.07) is 0. The molecule has 1 rings (SSSR count). The van der Waals surface area contributed by atoms with E-state index in [-0.39, 0.29) is 10.1 Å². The highest BCUT2D eigenvalue weighted by Gasteiger charge is 2.17. The Kier molecular flexibility index (Phi) is 4.15. The van der Waals surface area contributed by atoms with Gasteiger partial charge in [-0.3, -0.25) is 0 Å². The van der Waals surface area contributed by atoms with E-state index in [9.17, 15) is 8.42 Å². The normalized spacial score (nSPS) is 11.8. The smallest absolute Gasteiger partial charge is 0.210 e. The van der Waals surface area contributed by atoms with Gasteiger partial charge in [-0.2, -0.15) is 0 Å². The first-order valence-corrected chi connectivity index (χ1v) is 7.32. The molecular weight excluding hydrogens is 298 g/mol. The van der Waals surface area contributed by atoms with E-state index >= 15 is 0 Å². The highest BCUT2D eigenvalue weighted by Crippen LogP contribution is 2.20. The van der Waals surface area contributed by atoms with Crippen LogP contribution in [0.3, 0.4) is 0 Å². The maximum atomic E-state index is 11.5. The van der Waals surface area contributed by atoms with E-state index in [2.05, 4.69) is 20.9 Å². The van der Waals surface area contributed by atoms with E-state index in [1.807, 2.05) is 0 Å². The second-order valence-corrected chi connectivity index (χ2v) is 6.63. The zero-order chi connectivity index (χ0) is 9.90. The van der Waals surface area contributed by atoms with E-state index < -0.39 is 9.84 Å². The molecule has 74 valence electrons. The molecule has 0 fully saturated rings. The fourth-order valence-electron chi connectivity index (χ4n) is 0.714. The summed E-state index contributed by atoms with van der Waals surface area (Å²) in [4.78, 5) is 3.84. The first-order valence-electron chi connectivity index (χ1n) is 3.46. The van der Waals surface area contributed by atoms with Crippen molar-refractivity contribution in [1.82, 2.24) is 4.98 Å². The van der Waals surface area contributed by atoms with Crippen LogP contribution in [0, 0.1) is 0 Å². The van der Waals surface area contributed by atoms with Crippen LogP contribution in [0.4, 0.5) is 0 Å². The molecule has 3 nitrogen and oxygen atoms in total. The first kappa shape index (κ1) is 11.4. The third kappa shape index (κ3) is 3.19. The number of alkyl halides is 1. The monoisotopic (exact) mass is 303 g/mol. The highest BCUT2D eigenvalue weighted by molar-refractivity contribution is 9.10. The highest BCUT2D eigenvalue weighted by atomic mass is 79.9. The Morgan fingerprint density at radius 3 is 2.77 bits per heavy atom. The first-order chi connectivity index (χ1) is 6.06. The molecule has 0 aliphatic heterocycles. The molecule has 0 radical (unpaired) electrons. The van der Waals surface area contributed by atoms with Gasteiger partial charge in [0.1, 0.15) is 4.60 Å². The van der Waals surface area contributed by atoms with Gasteiger partial charge in [0.05, 0.1) is 5.75 Å². The van der Waals surface area contributed by atoms with Crippen molar-refractivity contribution in [1.29, 1.82) is 0 Å². The van der Waals surface area contributed by atoms with Gasteiger partial charge < -0.3 is 0 Å². The summed E-state index contributed by atoms with van der Waals surface area (Å²) in [5.41, 5.74) is 0. The summed E-state index contributed by atoms with van der Waals surface area (Å²) in [5.74, 6) is 0.419. The van der Waals surface area contributed by atoms with Crippen molar-refractivity contribution >= 4 is 48.7 Å². The number of nitrogens with zero attached hydrogens (tertiary/aromatic N) is 1. The van der Waals surface area contributed by atoms with E-state index in [0.717, 1.165) is 11.3 Å². The quantitative estimate of drug-likeness (QED) is 0.802. The molecule has 0 aliphatic rings. The van der Waals surface area contributed by atoms with Crippen molar-refractivity contribution < 1.29 is 8.42 Å². The second-order valence-electron chi connectivity index (χ2n) is 2.30. The van der Waals surface area contributed by atoms with Gasteiger partial charge in [-0.25, -0.2) is 13.4 Å². The van der Waals surface area contributed by atoms with Crippen LogP contribution in [0.2, 0.25) is 0 Å². The van der Waals surface area contributed by atoms with Gasteiger partial charge in [0.15, 0.2) is 0 Å². The van der Waals surface area contributed by atoms with E-state index in [1.54, 1.807) is 5.38 Å². The lowest BCUT2D eigenvalue weighted by molar-refractivity contribution is 0.594. The van der Waals surface area contributed by atoms with Crippen LogP contribution in [0.15, 0.2) is 14.3 Å². The number of hydrogen-bond donors (Lipinski definition) is 0. The molecular formula is C6H7BrClNO2S2. The Morgan fingerprint density at radius 2 is 2.31 bits per heavy atom. The third-order valence-corrected chi connectivity index (χ3v) is 5.38. The molecule has 0 aliphatic carbocycles. The summed E-state index contributed by atoms with van der Waals surface area (Å²) in [6.45, 7) is 0. The number of thiazole rings is 1. The number of halogens is 2. The molecule has 13 heavy (non-hydrogen) atoms. The third-order valence-electron chi connectivity index (χ3n) is 1.27. The molecule has 0 amide bonds. The Hall–Kier alpha value is 0.350. The number of hydrogen-bond acceptors (Lipinski definition) is 4. The minimum atomic E-state index is -3.21. The summed E-state index contributed by atoms with van der Waals surface area (Å²) in [5, 5.41) is 1.65. The van der Waals surface area contributed by atoms with Gasteiger partial charge in [-0.1, -0.05) is 0 Å². The van der Waals surface area contributed by atoms with Gasteiger partial charge in [-0.15, -0.1) is 22.9 Å². The van der Waals surface area contributed by atoms with Crippen molar-refractivity contribution in [3.05, 3.63) is 9.98 Å². The largest absolute Gasteiger partial charge is 0.221 e. The van der Waals surface area contributed by atoms with Crippen molar-refractivity contribution in [3.8, 4) is 0 Å². The van der Waals surface area contributed by atoms with Crippen molar-refractivity contribution in [3.63, 3.8) is 0 Å². The summed E-state index contributed by atoms with van der Waals surface area (Å²) < 4.78 is 23.7. The zero-order valence-electron chi connectivity index (χ0n) is 6.53. The predicted molar refractivity (Wildman–Crippen MR) is 57.2 cm³/mol. The van der Waals surface area contributed by atoms with Crippen LogP contribution < -0.4 is 0 Å². The second kappa shape index (κ2) is 4.72. The lowest BCUT2D eigenvalue weighted by Crippen LogP contribution is -2.06. The number of sulfone groups is 1. The molecule has 0 aromatic carbocycles. The van der Waals surface area contributed by atoms with Gasteiger partial charge in [0.2, 0.25) is 14.2 Å². The van der Waals surface area contributed by atoms with Gasteiger partial charge >= 0.3 is 0 Å². The topological polar surface area (TPSA) is 47.0 Å². The molecule has 1 aromatic heterocycles. The SMILES string of the molecule is O=S(=O)(CCCCl)c1nc(Br)cs1. The summed E-state index contributed by atoms with van der Waals surface area (Å²) in [7, 11) is -3.21. The van der Waals surface area contributed by atoms with E-state index in [4.69, 9.17) is 11.6 Å². The molecule has 1 heterocycles. The zero-order valence-corrected chi connectivity index (χ0v) is 10.5. The molecule has 0 N–H and O–H groups in total. The standard InChI is InChI=1S/C6H7BrClNO2S2/c7-5-4-12-6(9-5)13(10,11)3-1-2-8/h4H,1-3H2. The van der Waals surface area contributed by atoms with Crippen LogP contribution >= 0.6 is 38.9 Å². The van der Waals surface area contributed by atoms with Crippen LogP contribution in [-0.4, -0.2) is 25.0 Å². The molecule has 0 saturated heterocycles. The Morgan fingerprint density at radius 1 is 1.62 bits per heavy atom. The van der Waals surface area contributed by atoms with Gasteiger partial charge in [0, 0.05) is 11.3 Å². The molecule has 1 aromatic rings. The average molecular weight is 305 g/mol. The average Bonchev–Trinajstić information content (AvgIpc) is 2.49. The predicted octanol–water partition coefficient (Wildman–Crippen LogP) is 2.31. The summed E-state index contributed by atoms with van der Waals surface area (Å²) in [6.07, 6.45) is 0.459. The fourth-order valence-corrected chi connectivity index (χ4v) is 4.02. The van der Waals surface area contributed by atoms with Crippen molar-refractivity contribution in [2.24, 2.45) is 0 Å². The maximum absolute atomic E-state index is 11.5. The van der Waals surface area contributed by atoms with Crippen molar-refractivity contribution in [2.75, 3.05) is 11.6 Å². The van der Waals surface area contributed by atoms with Crippen LogP contribution in [-0.2, 0) is 9.84 Å². The Balaban J connectivity index is 2.82. The van der Waals surface area contributed by atoms with E-state index in [1.165, 1.54) is 0 Å². The molecule has 0 bridgehead atoms. The van der Waals surface area contributed by atoms with E-state index in [0.29, 0.717) is 16.9 Å². The molecule has 0 saturated carbocycles. The molecule has 7 heteroatoms. The minimum absolute atomic E-state index is 0.0659. The Labute approximate surface area is 94.2 Å². The maximum Gasteiger partial charge on any atom is 0.210 e. The molecule has 0 atom stereocenters. The van der Waals surface area contributed by atoms with Crippen LogP contribution in [0.25, 0.3) is 0 Å². The van der Waals surface area contributed by atoms with Gasteiger partial charge in [0.25, 0.3) is 0 Å². The molecule has 0 unspecified atom stereocenters. The Bertz CT molecular complexity index is 376. The lowest BCUT2D eigenvalue weighted by atomic mass is 10.6. The number of aromatic nitrogens is 1. The minimum Gasteiger partial charge on any atom is -0.221 e.